The number of nitrogens with two attached hydrogens (primary N) is 1. The number of aromatic nitrogens is 1. The predicted octanol–water partition coefficient (Wildman–Crippen LogP) is 0.524. The summed E-state index contributed by atoms with van der Waals surface area (Å²) in [5.41, 5.74) is 5.59. The number of hydrogen-bond donors (Lipinski definition) is 2. The molecule has 1 aliphatic rings. The van der Waals surface area contributed by atoms with Crippen LogP contribution in [0.25, 0.3) is 0 Å². The molecule has 1 aliphatic heterocycles. The lowest BCUT2D eigenvalue weighted by atomic mass is 10.0. The van der Waals surface area contributed by atoms with E-state index in [1.165, 1.54) is 0 Å². The van der Waals surface area contributed by atoms with Gasteiger partial charge in [-0.3, -0.25) is 9.59 Å². The van der Waals surface area contributed by atoms with Crippen molar-refractivity contribution in [3.63, 3.8) is 0 Å². The van der Waals surface area contributed by atoms with E-state index in [1.54, 1.807) is 23.2 Å². The van der Waals surface area contributed by atoms with Crippen molar-refractivity contribution >= 4 is 27.7 Å². The standard InChI is InChI=1S/C13H17BrN4O2/c14-9-1-2-11(17-7-9)13(20)18(8-12(15)19)10-3-5-16-6-4-10/h1-2,7,10,16H,3-6,8H2,(H2,15,19). The highest BCUT2D eigenvalue weighted by Gasteiger charge is 2.28. The van der Waals surface area contributed by atoms with Crippen LogP contribution in [0.1, 0.15) is 23.3 Å². The minimum absolute atomic E-state index is 0.0293. The third-order valence-electron chi connectivity index (χ3n) is 3.28. The van der Waals surface area contributed by atoms with Crippen molar-refractivity contribution in [2.45, 2.75) is 18.9 Å². The third kappa shape index (κ3) is 3.77. The molecule has 0 atom stereocenters. The number of nitrogens with one attached hydrogen (secondary N) is 1. The molecule has 2 heterocycles. The van der Waals surface area contributed by atoms with E-state index >= 15 is 0 Å². The number of nitrogens with zero attached hydrogens (tertiary/aromatic N) is 2. The second kappa shape index (κ2) is 6.81. The first kappa shape index (κ1) is 14.9. The fourth-order valence-corrected chi connectivity index (χ4v) is 2.54. The Kier molecular flexibility index (Phi) is 5.08. The van der Waals surface area contributed by atoms with Crippen LogP contribution in [0.4, 0.5) is 0 Å². The van der Waals surface area contributed by atoms with Gasteiger partial charge in [-0.1, -0.05) is 0 Å². The third-order valence-corrected chi connectivity index (χ3v) is 3.75. The molecule has 3 N–H and O–H groups in total. The number of carbonyl (C=O) groups excluding carboxylic acids is 2. The zero-order valence-electron chi connectivity index (χ0n) is 11.0. The van der Waals surface area contributed by atoms with Crippen molar-refractivity contribution < 1.29 is 9.59 Å². The van der Waals surface area contributed by atoms with Crippen molar-refractivity contribution in [1.82, 2.24) is 15.2 Å². The zero-order chi connectivity index (χ0) is 14.5. The van der Waals surface area contributed by atoms with Crippen LogP contribution in [0.5, 0.6) is 0 Å². The SMILES string of the molecule is NC(=O)CN(C(=O)c1ccc(Br)cn1)C1CCNCC1. The molecule has 20 heavy (non-hydrogen) atoms. The Morgan fingerprint density at radius 3 is 2.65 bits per heavy atom. The molecular weight excluding hydrogens is 324 g/mol. The Labute approximate surface area is 125 Å². The lowest BCUT2D eigenvalue weighted by Gasteiger charge is -2.33. The van der Waals surface area contributed by atoms with E-state index < -0.39 is 5.91 Å². The van der Waals surface area contributed by atoms with Gasteiger partial charge in [0.2, 0.25) is 5.91 Å². The second-order valence-corrected chi connectivity index (χ2v) is 5.66. The van der Waals surface area contributed by atoms with Crippen molar-refractivity contribution in [3.8, 4) is 0 Å². The number of carbonyl (C=O) groups is 2. The first-order valence-electron chi connectivity index (χ1n) is 6.49. The molecule has 2 amide bonds. The van der Waals surface area contributed by atoms with Crippen LogP contribution in [-0.2, 0) is 4.79 Å². The van der Waals surface area contributed by atoms with Gasteiger partial charge in [-0.25, -0.2) is 4.98 Å². The van der Waals surface area contributed by atoms with Gasteiger partial charge in [0.1, 0.15) is 5.69 Å². The summed E-state index contributed by atoms with van der Waals surface area (Å²) >= 11 is 3.28. The Morgan fingerprint density at radius 1 is 1.40 bits per heavy atom. The van der Waals surface area contributed by atoms with Crippen molar-refractivity contribution in [2.75, 3.05) is 19.6 Å². The fraction of sp³-hybridized carbons (Fsp3) is 0.462. The van der Waals surface area contributed by atoms with Gasteiger partial charge >= 0.3 is 0 Å². The van der Waals surface area contributed by atoms with Gasteiger partial charge in [0.15, 0.2) is 0 Å². The van der Waals surface area contributed by atoms with Crippen LogP contribution in [-0.4, -0.2) is 47.4 Å². The largest absolute Gasteiger partial charge is 0.368 e. The van der Waals surface area contributed by atoms with Gasteiger partial charge in [0.05, 0.1) is 6.54 Å². The van der Waals surface area contributed by atoms with E-state index in [1.807, 2.05) is 0 Å². The van der Waals surface area contributed by atoms with Gasteiger partial charge in [-0.05, 0) is 54.0 Å². The molecule has 108 valence electrons. The predicted molar refractivity (Wildman–Crippen MR) is 78.1 cm³/mol. The quantitative estimate of drug-likeness (QED) is 0.836. The summed E-state index contributed by atoms with van der Waals surface area (Å²) < 4.78 is 0.803. The minimum atomic E-state index is -0.506. The molecule has 1 aromatic heterocycles. The highest BCUT2D eigenvalue weighted by atomic mass is 79.9. The van der Waals surface area contributed by atoms with E-state index in [4.69, 9.17) is 5.73 Å². The van der Waals surface area contributed by atoms with Crippen LogP contribution in [0, 0.1) is 0 Å². The van der Waals surface area contributed by atoms with Crippen LogP contribution in [0.3, 0.4) is 0 Å². The van der Waals surface area contributed by atoms with Crippen LogP contribution in [0.2, 0.25) is 0 Å². The highest BCUT2D eigenvalue weighted by Crippen LogP contribution is 2.16. The average Bonchev–Trinajstić information content (AvgIpc) is 2.45. The molecule has 0 saturated carbocycles. The summed E-state index contributed by atoms with van der Waals surface area (Å²) in [7, 11) is 0. The molecule has 0 aromatic carbocycles. The molecule has 0 unspecified atom stereocenters. The molecule has 6 nitrogen and oxygen atoms in total. The first-order valence-corrected chi connectivity index (χ1v) is 7.29. The summed E-state index contributed by atoms with van der Waals surface area (Å²) in [6, 6.07) is 3.42. The van der Waals surface area contributed by atoms with E-state index in [0.29, 0.717) is 5.69 Å². The molecule has 0 bridgehead atoms. The van der Waals surface area contributed by atoms with Crippen LogP contribution >= 0.6 is 15.9 Å². The Balaban J connectivity index is 2.18. The van der Waals surface area contributed by atoms with Crippen molar-refractivity contribution in [3.05, 3.63) is 28.5 Å². The van der Waals surface area contributed by atoms with Gasteiger partial charge in [0.25, 0.3) is 5.91 Å². The number of rotatable bonds is 4. The number of pyridine rings is 1. The van der Waals surface area contributed by atoms with E-state index in [-0.39, 0.29) is 18.5 Å². The maximum atomic E-state index is 12.5. The average molecular weight is 341 g/mol. The van der Waals surface area contributed by atoms with Crippen molar-refractivity contribution in [1.29, 1.82) is 0 Å². The summed E-state index contributed by atoms with van der Waals surface area (Å²) in [4.78, 5) is 29.4. The van der Waals surface area contributed by atoms with Gasteiger partial charge in [-0.15, -0.1) is 0 Å². The molecule has 1 fully saturated rings. The van der Waals surface area contributed by atoms with E-state index in [9.17, 15) is 9.59 Å². The van der Waals surface area contributed by atoms with Crippen molar-refractivity contribution in [2.24, 2.45) is 5.73 Å². The summed E-state index contributed by atoms with van der Waals surface area (Å²) in [6.45, 7) is 1.60. The summed E-state index contributed by atoms with van der Waals surface area (Å²) in [6.07, 6.45) is 3.20. The summed E-state index contributed by atoms with van der Waals surface area (Å²) in [5, 5.41) is 3.23. The van der Waals surface area contributed by atoms with Gasteiger partial charge < -0.3 is 16.0 Å². The highest BCUT2D eigenvalue weighted by molar-refractivity contribution is 9.10. The van der Waals surface area contributed by atoms with Crippen LogP contribution in [0.15, 0.2) is 22.8 Å². The molecule has 7 heteroatoms. The normalized spacial score (nSPS) is 15.8. The van der Waals surface area contributed by atoms with Crippen LogP contribution < -0.4 is 11.1 Å². The first-order chi connectivity index (χ1) is 9.58. The number of halogens is 1. The molecule has 2 rings (SSSR count). The number of amides is 2. The topological polar surface area (TPSA) is 88.3 Å². The lowest BCUT2D eigenvalue weighted by Crippen LogP contribution is -2.49. The van der Waals surface area contributed by atoms with Gasteiger partial charge in [0, 0.05) is 16.7 Å². The molecule has 0 radical (unpaired) electrons. The Bertz CT molecular complexity index is 486. The fourth-order valence-electron chi connectivity index (χ4n) is 2.30. The van der Waals surface area contributed by atoms with E-state index in [2.05, 4.69) is 26.2 Å². The maximum Gasteiger partial charge on any atom is 0.273 e. The molecule has 1 aromatic rings. The molecule has 0 aliphatic carbocycles. The molecule has 1 saturated heterocycles. The maximum absolute atomic E-state index is 12.5. The smallest absolute Gasteiger partial charge is 0.273 e. The van der Waals surface area contributed by atoms with Gasteiger partial charge in [-0.2, -0.15) is 0 Å². The minimum Gasteiger partial charge on any atom is -0.368 e. The zero-order valence-corrected chi connectivity index (χ0v) is 12.6. The molecule has 0 spiro atoms. The summed E-state index contributed by atoms with van der Waals surface area (Å²) in [5.74, 6) is -0.753. The number of hydrogen-bond acceptors (Lipinski definition) is 4. The Morgan fingerprint density at radius 2 is 2.10 bits per heavy atom. The number of piperidine rings is 1. The monoisotopic (exact) mass is 340 g/mol. The Hall–Kier alpha value is -1.47. The lowest BCUT2D eigenvalue weighted by molar-refractivity contribution is -0.119. The second-order valence-electron chi connectivity index (χ2n) is 4.74. The molecular formula is C13H17BrN4O2. The van der Waals surface area contributed by atoms with E-state index in [0.717, 1.165) is 30.4 Å². The number of primary amides is 1.